The molecule has 1 aromatic heterocycles. The number of anilines is 1. The van der Waals surface area contributed by atoms with E-state index in [1.54, 1.807) is 22.5 Å². The fourth-order valence-electron chi connectivity index (χ4n) is 2.78. The molecule has 7 heteroatoms. The number of nitrogens with zero attached hydrogens (tertiary/aromatic N) is 3. The summed E-state index contributed by atoms with van der Waals surface area (Å²) in [6.07, 6.45) is 1.52. The maximum atomic E-state index is 12.4. The molecular weight excluding hydrogens is 314 g/mol. The van der Waals surface area contributed by atoms with Crippen LogP contribution in [-0.2, 0) is 9.47 Å². The monoisotopic (exact) mass is 341 g/mol. The Morgan fingerprint density at radius 3 is 2.70 bits per heavy atom. The largest absolute Gasteiger partial charge is 0.378 e. The molecule has 0 aromatic carbocycles. The number of ether oxygens (including phenoxy) is 2. The predicted molar refractivity (Wildman–Crippen MR) is 94.1 cm³/mol. The van der Waals surface area contributed by atoms with Crippen LogP contribution in [0, 0.1) is 0 Å². The smallest absolute Gasteiger partial charge is 0.351 e. The van der Waals surface area contributed by atoms with E-state index < -0.39 is 0 Å². The van der Waals surface area contributed by atoms with Gasteiger partial charge in [-0.1, -0.05) is 0 Å². The highest BCUT2D eigenvalue weighted by atomic mass is 32.2. The summed E-state index contributed by atoms with van der Waals surface area (Å²) in [6, 6.07) is 2.46. The molecule has 0 N–H and O–H groups in total. The van der Waals surface area contributed by atoms with Gasteiger partial charge >= 0.3 is 5.69 Å². The van der Waals surface area contributed by atoms with Crippen LogP contribution in [0.1, 0.15) is 40.8 Å². The number of hydrogen-bond donors (Lipinski definition) is 0. The molecule has 0 spiro atoms. The van der Waals surface area contributed by atoms with E-state index in [0.717, 1.165) is 5.75 Å². The van der Waals surface area contributed by atoms with Crippen molar-refractivity contribution in [3.05, 3.63) is 22.7 Å². The van der Waals surface area contributed by atoms with Crippen LogP contribution in [0.25, 0.3) is 0 Å². The maximum Gasteiger partial charge on any atom is 0.351 e. The standard InChI is InChI=1S/C16H27N3O3S/c1-6-21-9-15-22-14(10-23-15)18-8-7-13(17-16(18)20)19(11(2)3)12(4)5/h7-8,11-12,14-15H,6,9-10H2,1-5H3/t14-,15+/m1/s1. The van der Waals surface area contributed by atoms with Crippen molar-refractivity contribution in [3.8, 4) is 0 Å². The Labute approximate surface area is 142 Å². The molecule has 1 aromatic rings. The Bertz CT molecular complexity index is 554. The molecule has 0 unspecified atom stereocenters. The van der Waals surface area contributed by atoms with Gasteiger partial charge in [-0.05, 0) is 40.7 Å². The molecule has 0 amide bonds. The van der Waals surface area contributed by atoms with Gasteiger partial charge in [0.05, 0.1) is 6.61 Å². The Hall–Kier alpha value is -1.05. The topological polar surface area (TPSA) is 56.6 Å². The molecule has 1 aliphatic heterocycles. The van der Waals surface area contributed by atoms with Gasteiger partial charge in [-0.2, -0.15) is 4.98 Å². The van der Waals surface area contributed by atoms with Gasteiger partial charge in [0, 0.05) is 30.6 Å². The highest BCUT2D eigenvalue weighted by Gasteiger charge is 2.28. The van der Waals surface area contributed by atoms with Gasteiger partial charge in [-0.3, -0.25) is 4.57 Å². The van der Waals surface area contributed by atoms with Crippen molar-refractivity contribution < 1.29 is 9.47 Å². The lowest BCUT2D eigenvalue weighted by Crippen LogP contribution is -2.39. The summed E-state index contributed by atoms with van der Waals surface area (Å²) in [5, 5.41) is 0. The number of rotatable bonds is 7. The molecule has 0 radical (unpaired) electrons. The molecule has 130 valence electrons. The molecule has 2 heterocycles. The van der Waals surface area contributed by atoms with Gasteiger partial charge in [-0.15, -0.1) is 11.8 Å². The summed E-state index contributed by atoms with van der Waals surface area (Å²) < 4.78 is 12.8. The van der Waals surface area contributed by atoms with Crippen LogP contribution in [0.5, 0.6) is 0 Å². The minimum absolute atomic E-state index is 0.0191. The van der Waals surface area contributed by atoms with Gasteiger partial charge in [0.25, 0.3) is 0 Å². The van der Waals surface area contributed by atoms with Gasteiger partial charge < -0.3 is 14.4 Å². The second kappa shape index (κ2) is 8.17. The van der Waals surface area contributed by atoms with Crippen LogP contribution < -0.4 is 10.6 Å². The maximum absolute atomic E-state index is 12.4. The lowest BCUT2D eigenvalue weighted by molar-refractivity contribution is -0.0226. The molecule has 1 aliphatic rings. The number of aromatic nitrogens is 2. The van der Waals surface area contributed by atoms with Crippen molar-refractivity contribution in [1.29, 1.82) is 0 Å². The first-order valence-electron chi connectivity index (χ1n) is 8.16. The summed E-state index contributed by atoms with van der Waals surface area (Å²) in [5.74, 6) is 1.45. The van der Waals surface area contributed by atoms with Crippen molar-refractivity contribution in [1.82, 2.24) is 9.55 Å². The Kier molecular flexibility index (Phi) is 6.50. The molecular formula is C16H27N3O3S. The summed E-state index contributed by atoms with van der Waals surface area (Å²) >= 11 is 1.67. The van der Waals surface area contributed by atoms with E-state index in [2.05, 4.69) is 37.6 Å². The van der Waals surface area contributed by atoms with Crippen LogP contribution in [0.15, 0.2) is 17.1 Å². The first kappa shape index (κ1) is 18.3. The van der Waals surface area contributed by atoms with Crippen LogP contribution in [0.3, 0.4) is 0 Å². The third kappa shape index (κ3) is 4.49. The molecule has 0 aliphatic carbocycles. The molecule has 2 rings (SSSR count). The minimum Gasteiger partial charge on any atom is -0.378 e. The number of hydrogen-bond acceptors (Lipinski definition) is 6. The quantitative estimate of drug-likeness (QED) is 0.759. The third-order valence-corrected chi connectivity index (χ3v) is 4.79. The normalized spacial score (nSPS) is 21.3. The van der Waals surface area contributed by atoms with E-state index in [-0.39, 0.29) is 29.4 Å². The lowest BCUT2D eigenvalue weighted by atomic mass is 10.2. The van der Waals surface area contributed by atoms with Gasteiger partial charge in [0.1, 0.15) is 17.5 Å². The summed E-state index contributed by atoms with van der Waals surface area (Å²) in [7, 11) is 0. The average Bonchev–Trinajstić information content (AvgIpc) is 2.93. The zero-order chi connectivity index (χ0) is 17.0. The average molecular weight is 341 g/mol. The predicted octanol–water partition coefficient (Wildman–Crippen LogP) is 2.49. The molecule has 0 bridgehead atoms. The van der Waals surface area contributed by atoms with Crippen molar-refractivity contribution in [3.63, 3.8) is 0 Å². The van der Waals surface area contributed by atoms with Crippen LogP contribution >= 0.6 is 11.8 Å². The van der Waals surface area contributed by atoms with E-state index in [1.165, 1.54) is 0 Å². The molecule has 1 saturated heterocycles. The highest BCUT2D eigenvalue weighted by molar-refractivity contribution is 8.00. The SMILES string of the molecule is CCOC[C@H]1O[C@@H](n2ccc(N(C(C)C)C(C)C)nc2=O)CS1. The summed E-state index contributed by atoms with van der Waals surface area (Å²) in [4.78, 5) is 18.8. The zero-order valence-corrected chi connectivity index (χ0v) is 15.4. The van der Waals surface area contributed by atoms with Crippen LogP contribution in [0.4, 0.5) is 5.82 Å². The van der Waals surface area contributed by atoms with Crippen LogP contribution in [-0.4, -0.2) is 46.0 Å². The van der Waals surface area contributed by atoms with Crippen molar-refractivity contribution >= 4 is 17.6 Å². The van der Waals surface area contributed by atoms with Crippen molar-refractivity contribution in [2.75, 3.05) is 23.9 Å². The van der Waals surface area contributed by atoms with Gasteiger partial charge in [0.2, 0.25) is 0 Å². The molecule has 0 saturated carbocycles. The van der Waals surface area contributed by atoms with Gasteiger partial charge in [-0.25, -0.2) is 4.79 Å². The van der Waals surface area contributed by atoms with E-state index >= 15 is 0 Å². The van der Waals surface area contributed by atoms with E-state index in [4.69, 9.17) is 9.47 Å². The zero-order valence-electron chi connectivity index (χ0n) is 14.6. The fraction of sp³-hybridized carbons (Fsp3) is 0.750. The summed E-state index contributed by atoms with van der Waals surface area (Å²) in [5.41, 5.74) is -0.286. The van der Waals surface area contributed by atoms with E-state index in [9.17, 15) is 4.79 Å². The Balaban J connectivity index is 2.13. The Morgan fingerprint density at radius 1 is 1.43 bits per heavy atom. The minimum atomic E-state index is -0.272. The van der Waals surface area contributed by atoms with Crippen molar-refractivity contribution in [2.24, 2.45) is 0 Å². The van der Waals surface area contributed by atoms with E-state index in [0.29, 0.717) is 19.0 Å². The van der Waals surface area contributed by atoms with Crippen LogP contribution in [0.2, 0.25) is 0 Å². The molecule has 23 heavy (non-hydrogen) atoms. The molecule has 6 nitrogen and oxygen atoms in total. The van der Waals surface area contributed by atoms with Crippen molar-refractivity contribution in [2.45, 2.75) is 58.4 Å². The summed E-state index contributed by atoms with van der Waals surface area (Å²) in [6.45, 7) is 11.6. The fourth-order valence-corrected chi connectivity index (χ4v) is 3.80. The second-order valence-electron chi connectivity index (χ2n) is 6.08. The Morgan fingerprint density at radius 2 is 2.13 bits per heavy atom. The first-order chi connectivity index (χ1) is 10.9. The second-order valence-corrected chi connectivity index (χ2v) is 7.28. The number of thioether (sulfide) groups is 1. The molecule has 2 atom stereocenters. The first-order valence-corrected chi connectivity index (χ1v) is 9.21. The van der Waals surface area contributed by atoms with E-state index in [1.807, 2.05) is 13.0 Å². The highest BCUT2D eigenvalue weighted by Crippen LogP contribution is 2.31. The lowest BCUT2D eigenvalue weighted by Gasteiger charge is -2.31. The van der Waals surface area contributed by atoms with Gasteiger partial charge in [0.15, 0.2) is 0 Å². The third-order valence-electron chi connectivity index (χ3n) is 3.69. The molecule has 1 fully saturated rings.